The van der Waals surface area contributed by atoms with Gasteiger partial charge in [0.1, 0.15) is 0 Å². The largest absolute Gasteiger partial charge is 0.490 e. The van der Waals surface area contributed by atoms with Crippen LogP contribution in [0.3, 0.4) is 0 Å². The minimum absolute atomic E-state index is 0.0513. The van der Waals surface area contributed by atoms with Gasteiger partial charge in [-0.1, -0.05) is 11.3 Å². The molecule has 2 amide bonds. The molecule has 1 aliphatic heterocycles. The van der Waals surface area contributed by atoms with Crippen LogP contribution >= 0.6 is 11.3 Å². The van der Waals surface area contributed by atoms with E-state index < -0.39 is 0 Å². The van der Waals surface area contributed by atoms with Gasteiger partial charge >= 0.3 is 0 Å². The maximum absolute atomic E-state index is 12.6. The molecule has 3 aromatic rings. The number of fused-ring (bicyclic) bond motifs is 2. The first kappa shape index (κ1) is 19.2. The lowest BCUT2D eigenvalue weighted by Crippen LogP contribution is -2.30. The fourth-order valence-corrected chi connectivity index (χ4v) is 3.80. The molecule has 4 rings (SSSR count). The van der Waals surface area contributed by atoms with Gasteiger partial charge in [-0.25, -0.2) is 4.98 Å². The van der Waals surface area contributed by atoms with Crippen LogP contribution in [0.5, 0.6) is 11.5 Å². The molecule has 0 atom stereocenters. The molecule has 0 unspecified atom stereocenters. The first-order chi connectivity index (χ1) is 14.0. The first-order valence-electron chi connectivity index (χ1n) is 9.42. The van der Waals surface area contributed by atoms with Gasteiger partial charge in [0.15, 0.2) is 16.6 Å². The number of carbonyl (C=O) groups excluding carboxylic acids is 2. The van der Waals surface area contributed by atoms with E-state index >= 15 is 0 Å². The Morgan fingerprint density at radius 3 is 2.28 bits per heavy atom. The van der Waals surface area contributed by atoms with Crippen LogP contribution in [0.4, 0.5) is 5.13 Å². The highest BCUT2D eigenvalue weighted by Gasteiger charge is 2.16. The Hall–Kier alpha value is -3.13. The van der Waals surface area contributed by atoms with Crippen LogP contribution in [0.1, 0.15) is 41.0 Å². The average Bonchev–Trinajstić information content (AvgIpc) is 2.92. The van der Waals surface area contributed by atoms with Crippen molar-refractivity contribution in [3.05, 3.63) is 47.5 Å². The van der Waals surface area contributed by atoms with Crippen molar-refractivity contribution in [3.8, 4) is 11.5 Å². The third-order valence-corrected chi connectivity index (χ3v) is 5.24. The van der Waals surface area contributed by atoms with Crippen molar-refractivity contribution in [2.45, 2.75) is 26.3 Å². The summed E-state index contributed by atoms with van der Waals surface area (Å²) in [7, 11) is 0. The van der Waals surface area contributed by atoms with E-state index in [1.807, 2.05) is 26.0 Å². The van der Waals surface area contributed by atoms with E-state index in [0.29, 0.717) is 41.0 Å². The summed E-state index contributed by atoms with van der Waals surface area (Å²) < 4.78 is 12.3. The molecule has 0 fully saturated rings. The number of benzene rings is 2. The summed E-state index contributed by atoms with van der Waals surface area (Å²) in [5, 5.41) is 6.13. The van der Waals surface area contributed by atoms with Crippen LogP contribution in [0.25, 0.3) is 10.2 Å². The lowest BCUT2D eigenvalue weighted by molar-refractivity contribution is 0.0941. The number of anilines is 1. The van der Waals surface area contributed by atoms with Gasteiger partial charge in [-0.05, 0) is 38.1 Å². The number of amides is 2. The van der Waals surface area contributed by atoms with E-state index in [9.17, 15) is 9.59 Å². The maximum Gasteiger partial charge on any atom is 0.257 e. The molecule has 0 aliphatic carbocycles. The van der Waals surface area contributed by atoms with Crippen LogP contribution in [0.15, 0.2) is 36.4 Å². The zero-order valence-electron chi connectivity index (χ0n) is 16.2. The molecule has 2 aromatic carbocycles. The van der Waals surface area contributed by atoms with Gasteiger partial charge < -0.3 is 14.8 Å². The maximum atomic E-state index is 12.6. The van der Waals surface area contributed by atoms with Gasteiger partial charge in [0.2, 0.25) is 0 Å². The van der Waals surface area contributed by atoms with Crippen LogP contribution in [-0.4, -0.2) is 36.1 Å². The molecule has 0 saturated heterocycles. The van der Waals surface area contributed by atoms with E-state index in [2.05, 4.69) is 15.6 Å². The van der Waals surface area contributed by atoms with Gasteiger partial charge in [0.25, 0.3) is 11.8 Å². The van der Waals surface area contributed by atoms with Crippen molar-refractivity contribution >= 4 is 38.5 Å². The second-order valence-corrected chi connectivity index (χ2v) is 8.03. The SMILES string of the molecule is CC(C)NC(=O)c1ccc(C(=O)Nc2nc3cc4c(cc3s2)OCCCO4)cc1. The van der Waals surface area contributed by atoms with E-state index in [1.165, 1.54) is 11.3 Å². The molecule has 0 radical (unpaired) electrons. The predicted molar refractivity (Wildman–Crippen MR) is 112 cm³/mol. The number of thiazole rings is 1. The Balaban J connectivity index is 1.49. The molecule has 2 N–H and O–H groups in total. The van der Waals surface area contributed by atoms with Crippen molar-refractivity contribution in [1.82, 2.24) is 10.3 Å². The molecule has 0 saturated carbocycles. The highest BCUT2D eigenvalue weighted by Crippen LogP contribution is 2.37. The summed E-state index contributed by atoms with van der Waals surface area (Å²) in [6, 6.07) is 10.3. The summed E-state index contributed by atoms with van der Waals surface area (Å²) in [5.74, 6) is 0.927. The van der Waals surface area contributed by atoms with Crippen molar-refractivity contribution in [1.29, 1.82) is 0 Å². The lowest BCUT2D eigenvalue weighted by Gasteiger charge is -2.08. The molecule has 1 aromatic heterocycles. The molecule has 8 heteroatoms. The number of ether oxygens (including phenoxy) is 2. The Morgan fingerprint density at radius 2 is 1.62 bits per heavy atom. The third-order valence-electron chi connectivity index (χ3n) is 4.31. The second kappa shape index (κ2) is 8.08. The summed E-state index contributed by atoms with van der Waals surface area (Å²) in [5.41, 5.74) is 1.71. The smallest absolute Gasteiger partial charge is 0.257 e. The molecule has 7 nitrogen and oxygen atoms in total. The van der Waals surface area contributed by atoms with Crippen LogP contribution < -0.4 is 20.1 Å². The molecule has 2 heterocycles. The molecule has 0 bridgehead atoms. The Bertz CT molecular complexity index is 1020. The van der Waals surface area contributed by atoms with Crippen molar-refractivity contribution in [2.75, 3.05) is 18.5 Å². The normalized spacial score (nSPS) is 13.2. The van der Waals surface area contributed by atoms with Gasteiger partial charge in [-0.2, -0.15) is 0 Å². The molecular formula is C21H21N3O4S. The molecule has 1 aliphatic rings. The van der Waals surface area contributed by atoms with Gasteiger partial charge in [-0.15, -0.1) is 0 Å². The fourth-order valence-electron chi connectivity index (χ4n) is 2.93. The quantitative estimate of drug-likeness (QED) is 0.681. The molecule has 150 valence electrons. The zero-order valence-corrected chi connectivity index (χ0v) is 17.0. The highest BCUT2D eigenvalue weighted by molar-refractivity contribution is 7.22. The van der Waals surface area contributed by atoms with E-state index in [4.69, 9.17) is 9.47 Å². The van der Waals surface area contributed by atoms with Crippen LogP contribution in [0.2, 0.25) is 0 Å². The first-order valence-corrected chi connectivity index (χ1v) is 10.2. The molecule has 29 heavy (non-hydrogen) atoms. The van der Waals surface area contributed by atoms with Gasteiger partial charge in [0, 0.05) is 35.7 Å². The summed E-state index contributed by atoms with van der Waals surface area (Å²) >= 11 is 1.37. The number of carbonyl (C=O) groups is 2. The summed E-state index contributed by atoms with van der Waals surface area (Å²) in [4.78, 5) is 29.1. The Kier molecular flexibility index (Phi) is 5.35. The van der Waals surface area contributed by atoms with Gasteiger partial charge in [0.05, 0.1) is 23.4 Å². The van der Waals surface area contributed by atoms with Crippen LogP contribution in [-0.2, 0) is 0 Å². The minimum atomic E-state index is -0.283. The van der Waals surface area contributed by atoms with Crippen molar-refractivity contribution in [3.63, 3.8) is 0 Å². The number of rotatable bonds is 4. The van der Waals surface area contributed by atoms with Crippen molar-refractivity contribution in [2.24, 2.45) is 0 Å². The Labute approximate surface area is 172 Å². The number of nitrogens with zero attached hydrogens (tertiary/aromatic N) is 1. The van der Waals surface area contributed by atoms with Gasteiger partial charge in [-0.3, -0.25) is 14.9 Å². The minimum Gasteiger partial charge on any atom is -0.490 e. The molecule has 0 spiro atoms. The number of nitrogens with one attached hydrogen (secondary N) is 2. The highest BCUT2D eigenvalue weighted by atomic mass is 32.1. The second-order valence-electron chi connectivity index (χ2n) is 7.00. The van der Waals surface area contributed by atoms with E-state index in [1.54, 1.807) is 24.3 Å². The Morgan fingerprint density at radius 1 is 1.00 bits per heavy atom. The number of hydrogen-bond acceptors (Lipinski definition) is 6. The van der Waals surface area contributed by atoms with Crippen molar-refractivity contribution < 1.29 is 19.1 Å². The number of aromatic nitrogens is 1. The average molecular weight is 411 g/mol. The topological polar surface area (TPSA) is 89.6 Å². The molecular weight excluding hydrogens is 390 g/mol. The number of hydrogen-bond donors (Lipinski definition) is 2. The predicted octanol–water partition coefficient (Wildman–Crippen LogP) is 3.85. The monoisotopic (exact) mass is 411 g/mol. The lowest BCUT2D eigenvalue weighted by atomic mass is 10.1. The standard InChI is InChI=1S/C21H21N3O4S/c1-12(2)22-19(25)13-4-6-14(7-5-13)20(26)24-21-23-15-10-16-17(11-18(15)29-21)28-9-3-8-27-16/h4-7,10-12H,3,8-9H2,1-2H3,(H,22,25)(H,23,24,26). The fraction of sp³-hybridized carbons (Fsp3) is 0.286. The third kappa shape index (κ3) is 4.32. The van der Waals surface area contributed by atoms with E-state index in [0.717, 1.165) is 16.6 Å². The zero-order chi connectivity index (χ0) is 20.4. The summed E-state index contributed by atoms with van der Waals surface area (Å²) in [6.07, 6.45) is 0.842. The van der Waals surface area contributed by atoms with E-state index in [-0.39, 0.29) is 17.9 Å². The van der Waals surface area contributed by atoms with Crippen LogP contribution in [0, 0.1) is 0 Å². The summed E-state index contributed by atoms with van der Waals surface area (Å²) in [6.45, 7) is 5.02.